The van der Waals surface area contributed by atoms with E-state index in [1.54, 1.807) is 32.7 Å². The van der Waals surface area contributed by atoms with Crippen molar-refractivity contribution in [1.29, 1.82) is 0 Å². The maximum Gasteiger partial charge on any atom is 0.134 e. The quantitative estimate of drug-likeness (QED) is 0.832. The van der Waals surface area contributed by atoms with Crippen LogP contribution in [0, 0.1) is 0 Å². The number of ether oxygens (including phenoxy) is 3. The first-order valence-electron chi connectivity index (χ1n) is 5.14. The monoisotopic (exact) mass is 250 g/mol. The molecule has 0 unspecified atom stereocenters. The summed E-state index contributed by atoms with van der Waals surface area (Å²) in [5.74, 6) is 2.23. The number of methoxy groups -OCH3 is 3. The van der Waals surface area contributed by atoms with Crippen molar-refractivity contribution in [3.63, 3.8) is 0 Å². The normalized spacial score (nSPS) is 10.1. The van der Waals surface area contributed by atoms with Gasteiger partial charge < -0.3 is 14.2 Å². The van der Waals surface area contributed by atoms with Gasteiger partial charge in [0.15, 0.2) is 0 Å². The highest BCUT2D eigenvalue weighted by Crippen LogP contribution is 2.43. The van der Waals surface area contributed by atoms with E-state index in [2.05, 4.69) is 0 Å². The van der Waals surface area contributed by atoms with E-state index in [1.807, 2.05) is 29.6 Å². The van der Waals surface area contributed by atoms with Crippen molar-refractivity contribution in [2.45, 2.75) is 0 Å². The summed E-state index contributed by atoms with van der Waals surface area (Å²) < 4.78 is 16.0. The second-order valence-corrected chi connectivity index (χ2v) is 4.33. The number of thiophene rings is 1. The molecule has 0 aliphatic heterocycles. The molecule has 0 fully saturated rings. The van der Waals surface area contributed by atoms with Gasteiger partial charge in [-0.25, -0.2) is 0 Å². The zero-order chi connectivity index (χ0) is 12.3. The molecule has 2 aromatic rings. The summed E-state index contributed by atoms with van der Waals surface area (Å²) in [6.45, 7) is 0. The average Bonchev–Trinajstić information content (AvgIpc) is 2.90. The topological polar surface area (TPSA) is 27.7 Å². The predicted octanol–water partition coefficient (Wildman–Crippen LogP) is 3.44. The molecular formula is C13H14O3S. The number of rotatable bonds is 4. The van der Waals surface area contributed by atoms with Gasteiger partial charge in [-0.15, -0.1) is 11.3 Å². The molecule has 0 amide bonds. The van der Waals surface area contributed by atoms with E-state index in [0.29, 0.717) is 0 Å². The molecule has 0 N–H and O–H groups in total. The highest BCUT2D eigenvalue weighted by Gasteiger charge is 2.15. The Morgan fingerprint density at radius 2 is 1.59 bits per heavy atom. The zero-order valence-electron chi connectivity index (χ0n) is 10.0. The highest BCUT2D eigenvalue weighted by atomic mass is 32.1. The molecule has 1 heterocycles. The predicted molar refractivity (Wildman–Crippen MR) is 69.4 cm³/mol. The van der Waals surface area contributed by atoms with Crippen LogP contribution in [0.2, 0.25) is 0 Å². The van der Waals surface area contributed by atoms with Crippen molar-refractivity contribution in [2.75, 3.05) is 21.3 Å². The smallest absolute Gasteiger partial charge is 0.134 e. The van der Waals surface area contributed by atoms with E-state index in [0.717, 1.165) is 27.7 Å². The molecule has 0 bridgehead atoms. The molecule has 0 spiro atoms. The van der Waals surface area contributed by atoms with Crippen molar-refractivity contribution in [3.05, 3.63) is 29.6 Å². The lowest BCUT2D eigenvalue weighted by Gasteiger charge is -2.13. The van der Waals surface area contributed by atoms with Gasteiger partial charge in [-0.1, -0.05) is 6.07 Å². The van der Waals surface area contributed by atoms with E-state index < -0.39 is 0 Å². The molecule has 0 saturated heterocycles. The van der Waals surface area contributed by atoms with Gasteiger partial charge in [-0.05, 0) is 11.4 Å². The Balaban J connectivity index is 2.63. The Labute approximate surface area is 105 Å². The third kappa shape index (κ3) is 2.22. The van der Waals surface area contributed by atoms with Crippen LogP contribution in [0.5, 0.6) is 17.2 Å². The summed E-state index contributed by atoms with van der Waals surface area (Å²) in [4.78, 5) is 1.11. The van der Waals surface area contributed by atoms with Crippen LogP contribution in [0.15, 0.2) is 29.6 Å². The summed E-state index contributed by atoms with van der Waals surface area (Å²) in [7, 11) is 4.91. The van der Waals surface area contributed by atoms with Crippen molar-refractivity contribution in [3.8, 4) is 27.7 Å². The molecular weight excluding hydrogens is 236 g/mol. The summed E-state index contributed by atoms with van der Waals surface area (Å²) in [6.07, 6.45) is 0. The van der Waals surface area contributed by atoms with E-state index in [9.17, 15) is 0 Å². The fourth-order valence-corrected chi connectivity index (χ4v) is 2.45. The third-order valence-corrected chi connectivity index (χ3v) is 3.37. The van der Waals surface area contributed by atoms with Crippen LogP contribution in [0.4, 0.5) is 0 Å². The molecule has 90 valence electrons. The van der Waals surface area contributed by atoms with Crippen LogP contribution in [0.3, 0.4) is 0 Å². The third-order valence-electron chi connectivity index (χ3n) is 2.48. The molecule has 1 aromatic carbocycles. The maximum absolute atomic E-state index is 5.40. The molecule has 2 rings (SSSR count). The largest absolute Gasteiger partial charge is 0.496 e. The first-order chi connectivity index (χ1) is 8.30. The first-order valence-corrected chi connectivity index (χ1v) is 6.02. The molecule has 3 nitrogen and oxygen atoms in total. The van der Waals surface area contributed by atoms with Gasteiger partial charge in [0.1, 0.15) is 17.2 Å². The Kier molecular flexibility index (Phi) is 3.54. The molecule has 0 atom stereocenters. The van der Waals surface area contributed by atoms with Crippen LogP contribution < -0.4 is 14.2 Å². The lowest BCUT2D eigenvalue weighted by molar-refractivity contribution is 0.377. The molecule has 0 aliphatic rings. The minimum atomic E-state index is 0.721. The van der Waals surface area contributed by atoms with E-state index >= 15 is 0 Å². The SMILES string of the molecule is COc1cc(OC)c(-c2cccs2)c(OC)c1. The van der Waals surface area contributed by atoms with Crippen molar-refractivity contribution in [1.82, 2.24) is 0 Å². The summed E-state index contributed by atoms with van der Waals surface area (Å²) in [6, 6.07) is 7.76. The van der Waals surface area contributed by atoms with Gasteiger partial charge >= 0.3 is 0 Å². The van der Waals surface area contributed by atoms with Crippen LogP contribution in [0.25, 0.3) is 10.4 Å². The molecule has 0 radical (unpaired) electrons. The maximum atomic E-state index is 5.40. The summed E-state index contributed by atoms with van der Waals surface area (Å²) >= 11 is 1.65. The second kappa shape index (κ2) is 5.10. The average molecular weight is 250 g/mol. The second-order valence-electron chi connectivity index (χ2n) is 3.38. The van der Waals surface area contributed by atoms with E-state index in [-0.39, 0.29) is 0 Å². The van der Waals surface area contributed by atoms with Gasteiger partial charge in [0.2, 0.25) is 0 Å². The van der Waals surface area contributed by atoms with Gasteiger partial charge in [-0.3, -0.25) is 0 Å². The van der Waals surface area contributed by atoms with Crippen LogP contribution in [-0.4, -0.2) is 21.3 Å². The van der Waals surface area contributed by atoms with Crippen LogP contribution in [-0.2, 0) is 0 Å². The van der Waals surface area contributed by atoms with Gasteiger partial charge in [0.05, 0.1) is 26.9 Å². The molecule has 17 heavy (non-hydrogen) atoms. The van der Waals surface area contributed by atoms with Crippen LogP contribution >= 0.6 is 11.3 Å². The minimum absolute atomic E-state index is 0.721. The minimum Gasteiger partial charge on any atom is -0.496 e. The van der Waals surface area contributed by atoms with E-state index in [4.69, 9.17) is 14.2 Å². The van der Waals surface area contributed by atoms with Crippen molar-refractivity contribution in [2.24, 2.45) is 0 Å². The lowest BCUT2D eigenvalue weighted by atomic mass is 10.1. The summed E-state index contributed by atoms with van der Waals surface area (Å²) in [5, 5.41) is 2.03. The Bertz CT molecular complexity index is 466. The zero-order valence-corrected chi connectivity index (χ0v) is 10.8. The number of hydrogen-bond donors (Lipinski definition) is 0. The standard InChI is InChI=1S/C13H14O3S/c1-14-9-7-10(15-2)13(11(8-9)16-3)12-5-4-6-17-12/h4-8H,1-3H3. The fourth-order valence-electron chi connectivity index (χ4n) is 1.67. The fraction of sp³-hybridized carbons (Fsp3) is 0.231. The molecule has 4 heteroatoms. The van der Waals surface area contributed by atoms with Crippen molar-refractivity contribution >= 4 is 11.3 Å². The first kappa shape index (κ1) is 11.8. The highest BCUT2D eigenvalue weighted by molar-refractivity contribution is 7.13. The molecule has 0 saturated carbocycles. The van der Waals surface area contributed by atoms with E-state index in [1.165, 1.54) is 0 Å². The number of hydrogen-bond acceptors (Lipinski definition) is 4. The Hall–Kier alpha value is -1.68. The number of benzene rings is 1. The van der Waals surface area contributed by atoms with Gasteiger partial charge in [0, 0.05) is 17.0 Å². The van der Waals surface area contributed by atoms with Crippen LogP contribution in [0.1, 0.15) is 0 Å². The van der Waals surface area contributed by atoms with Gasteiger partial charge in [-0.2, -0.15) is 0 Å². The lowest BCUT2D eigenvalue weighted by Crippen LogP contribution is -1.94. The Morgan fingerprint density at radius 3 is 2.00 bits per heavy atom. The molecule has 1 aromatic heterocycles. The Morgan fingerprint density at radius 1 is 0.941 bits per heavy atom. The van der Waals surface area contributed by atoms with Crippen molar-refractivity contribution < 1.29 is 14.2 Å². The molecule has 0 aliphatic carbocycles. The summed E-state index contributed by atoms with van der Waals surface area (Å²) in [5.41, 5.74) is 0.964. The van der Waals surface area contributed by atoms with Gasteiger partial charge in [0.25, 0.3) is 0 Å².